The van der Waals surface area contributed by atoms with Gasteiger partial charge in [0.25, 0.3) is 0 Å². The lowest BCUT2D eigenvalue weighted by Crippen LogP contribution is -2.24. The normalized spacial score (nSPS) is 17.3. The molecule has 0 saturated carbocycles. The number of phenols is 1. The standard InChI is InChI=1S/C18H14N4O2/c19-15-14-12(24)4-6-21-18(14)17-13-9(3-5-20-17)10-7-8(23)1-2-11(10)22-16(13)15/h1-3,5,7,12,23-24H,4,6,19H2. The topological polar surface area (TPSA) is 105 Å². The molecule has 5 rings (SSSR count). The lowest BCUT2D eigenvalue weighted by Gasteiger charge is -2.20. The highest BCUT2D eigenvalue weighted by Gasteiger charge is 2.24. The number of aliphatic hydroxyl groups is 1. The van der Waals surface area contributed by atoms with E-state index in [1.165, 1.54) is 0 Å². The number of pyridine rings is 2. The highest BCUT2D eigenvalue weighted by molar-refractivity contribution is 6.20. The molecule has 1 aliphatic heterocycles. The van der Waals surface area contributed by atoms with Crippen molar-refractivity contribution in [2.75, 3.05) is 12.3 Å². The molecule has 118 valence electrons. The van der Waals surface area contributed by atoms with E-state index >= 15 is 0 Å². The van der Waals surface area contributed by atoms with Crippen molar-refractivity contribution in [1.82, 2.24) is 9.97 Å². The third kappa shape index (κ3) is 1.60. The number of aromatic nitrogens is 2. The van der Waals surface area contributed by atoms with Gasteiger partial charge in [-0.1, -0.05) is 0 Å². The van der Waals surface area contributed by atoms with E-state index < -0.39 is 6.10 Å². The first-order chi connectivity index (χ1) is 11.6. The summed E-state index contributed by atoms with van der Waals surface area (Å²) in [7, 11) is 0. The van der Waals surface area contributed by atoms with Gasteiger partial charge < -0.3 is 15.9 Å². The van der Waals surface area contributed by atoms with E-state index in [9.17, 15) is 10.2 Å². The molecule has 0 spiro atoms. The van der Waals surface area contributed by atoms with Crippen LogP contribution in [0.25, 0.3) is 32.7 Å². The van der Waals surface area contributed by atoms with Gasteiger partial charge in [-0.05, 0) is 36.1 Å². The van der Waals surface area contributed by atoms with Crippen LogP contribution in [-0.4, -0.2) is 26.7 Å². The largest absolute Gasteiger partial charge is 0.508 e. The third-order valence-electron chi connectivity index (χ3n) is 4.72. The summed E-state index contributed by atoms with van der Waals surface area (Å²) in [5, 5.41) is 23.5. The number of fused-ring (bicyclic) bond motifs is 4. The van der Waals surface area contributed by atoms with E-state index in [0.717, 1.165) is 21.7 Å². The fraction of sp³-hybridized carbons (Fsp3) is 0.167. The number of anilines is 1. The number of hydrogen-bond acceptors (Lipinski definition) is 6. The van der Waals surface area contributed by atoms with Gasteiger partial charge in [0.2, 0.25) is 0 Å². The molecular formula is C18H14N4O2. The van der Waals surface area contributed by atoms with Crippen molar-refractivity contribution in [2.45, 2.75) is 12.5 Å². The predicted octanol–water partition coefficient (Wildman–Crippen LogP) is 2.00. The van der Waals surface area contributed by atoms with E-state index in [4.69, 9.17) is 5.73 Å². The molecule has 1 atom stereocenters. The molecule has 4 N–H and O–H groups in total. The maximum absolute atomic E-state index is 10.4. The average molecular weight is 318 g/mol. The van der Waals surface area contributed by atoms with Gasteiger partial charge in [-0.25, -0.2) is 4.98 Å². The predicted molar refractivity (Wildman–Crippen MR) is 91.8 cm³/mol. The van der Waals surface area contributed by atoms with Gasteiger partial charge in [-0.3, -0.25) is 9.98 Å². The first-order valence-corrected chi connectivity index (χ1v) is 7.80. The summed E-state index contributed by atoms with van der Waals surface area (Å²) >= 11 is 0. The summed E-state index contributed by atoms with van der Waals surface area (Å²) in [5.41, 5.74) is 9.52. The molecule has 0 fully saturated rings. The minimum absolute atomic E-state index is 0.184. The van der Waals surface area contributed by atoms with Gasteiger partial charge in [0.15, 0.2) is 0 Å². The molecule has 0 radical (unpaired) electrons. The molecule has 0 saturated heterocycles. The highest BCUT2D eigenvalue weighted by atomic mass is 16.3. The fourth-order valence-corrected chi connectivity index (χ4v) is 3.64. The van der Waals surface area contributed by atoms with Crippen molar-refractivity contribution in [2.24, 2.45) is 4.99 Å². The number of rotatable bonds is 0. The second kappa shape index (κ2) is 4.52. The second-order valence-electron chi connectivity index (χ2n) is 6.11. The number of aliphatic hydroxyl groups excluding tert-OH is 1. The van der Waals surface area contributed by atoms with Gasteiger partial charge >= 0.3 is 0 Å². The number of nitrogen functional groups attached to an aromatic ring is 1. The lowest BCUT2D eigenvalue weighted by molar-refractivity contribution is 0.165. The molecule has 3 heterocycles. The van der Waals surface area contributed by atoms with Crippen molar-refractivity contribution < 1.29 is 10.2 Å². The summed E-state index contributed by atoms with van der Waals surface area (Å²) < 4.78 is 0. The molecule has 0 aliphatic carbocycles. The molecule has 4 aromatic rings. The summed E-state index contributed by atoms with van der Waals surface area (Å²) in [4.78, 5) is 13.7. The SMILES string of the molecule is Nc1c2c(c3nccc4c5cc(O)ccc5nc1c34)=NCCC2O. The van der Waals surface area contributed by atoms with Crippen LogP contribution in [0, 0.1) is 0 Å². The minimum atomic E-state index is -0.653. The summed E-state index contributed by atoms with van der Waals surface area (Å²) in [6.45, 7) is 0.544. The van der Waals surface area contributed by atoms with Crippen LogP contribution in [0.3, 0.4) is 0 Å². The van der Waals surface area contributed by atoms with Crippen LogP contribution in [0.5, 0.6) is 5.75 Å². The summed E-state index contributed by atoms with van der Waals surface area (Å²) in [6.07, 6.45) is 1.61. The summed E-state index contributed by atoms with van der Waals surface area (Å²) in [5.74, 6) is 0.184. The number of aromatic hydroxyl groups is 1. The Hall–Kier alpha value is -2.99. The number of phenolic OH excluding ortho intramolecular Hbond substituents is 1. The molecule has 6 heteroatoms. The molecular weight excluding hydrogens is 304 g/mol. The molecule has 1 unspecified atom stereocenters. The molecule has 0 bridgehead atoms. The Kier molecular flexibility index (Phi) is 2.53. The Bertz CT molecular complexity index is 1200. The van der Waals surface area contributed by atoms with Crippen LogP contribution >= 0.6 is 0 Å². The Balaban J connectivity index is 2.13. The number of nitrogens with zero attached hydrogens (tertiary/aromatic N) is 3. The van der Waals surface area contributed by atoms with Gasteiger partial charge in [-0.2, -0.15) is 0 Å². The molecule has 0 amide bonds. The molecule has 1 aliphatic rings. The van der Waals surface area contributed by atoms with E-state index in [1.807, 2.05) is 6.07 Å². The average Bonchev–Trinajstić information content (AvgIpc) is 2.59. The first kappa shape index (κ1) is 13.4. The van der Waals surface area contributed by atoms with Crippen molar-refractivity contribution in [1.29, 1.82) is 0 Å². The smallest absolute Gasteiger partial charge is 0.116 e. The third-order valence-corrected chi connectivity index (χ3v) is 4.72. The Morgan fingerprint density at radius 1 is 1.12 bits per heavy atom. The molecule has 6 nitrogen and oxygen atoms in total. The maximum Gasteiger partial charge on any atom is 0.116 e. The zero-order valence-corrected chi connectivity index (χ0v) is 12.7. The number of hydrogen-bond donors (Lipinski definition) is 3. The number of benzene rings is 2. The van der Waals surface area contributed by atoms with E-state index in [0.29, 0.717) is 40.6 Å². The van der Waals surface area contributed by atoms with Crippen molar-refractivity contribution in [3.8, 4) is 5.75 Å². The van der Waals surface area contributed by atoms with Gasteiger partial charge in [0.1, 0.15) is 5.75 Å². The van der Waals surface area contributed by atoms with Crippen molar-refractivity contribution >= 4 is 38.4 Å². The van der Waals surface area contributed by atoms with Crippen LogP contribution in [0.15, 0.2) is 35.5 Å². The molecule has 2 aromatic heterocycles. The van der Waals surface area contributed by atoms with Crippen LogP contribution in [-0.2, 0) is 0 Å². The zero-order chi connectivity index (χ0) is 16.4. The van der Waals surface area contributed by atoms with Gasteiger partial charge in [0.05, 0.1) is 33.7 Å². The zero-order valence-electron chi connectivity index (χ0n) is 12.7. The van der Waals surface area contributed by atoms with Gasteiger partial charge in [0, 0.05) is 29.1 Å². The van der Waals surface area contributed by atoms with Crippen LogP contribution in [0.1, 0.15) is 18.1 Å². The first-order valence-electron chi connectivity index (χ1n) is 7.80. The molecule has 2 aromatic carbocycles. The minimum Gasteiger partial charge on any atom is -0.508 e. The number of nitrogens with two attached hydrogens (primary N) is 1. The highest BCUT2D eigenvalue weighted by Crippen LogP contribution is 2.36. The monoisotopic (exact) mass is 318 g/mol. The Morgan fingerprint density at radius 3 is 2.88 bits per heavy atom. The Morgan fingerprint density at radius 2 is 2.00 bits per heavy atom. The van der Waals surface area contributed by atoms with Crippen molar-refractivity contribution in [3.05, 3.63) is 41.4 Å². The fourth-order valence-electron chi connectivity index (χ4n) is 3.64. The summed E-state index contributed by atoms with van der Waals surface area (Å²) in [6, 6.07) is 6.95. The maximum atomic E-state index is 10.4. The second-order valence-corrected chi connectivity index (χ2v) is 6.11. The van der Waals surface area contributed by atoms with Crippen LogP contribution in [0.4, 0.5) is 5.69 Å². The molecule has 24 heavy (non-hydrogen) atoms. The van der Waals surface area contributed by atoms with Gasteiger partial charge in [-0.15, -0.1) is 0 Å². The van der Waals surface area contributed by atoms with Crippen LogP contribution in [0.2, 0.25) is 0 Å². The quantitative estimate of drug-likeness (QED) is 0.261. The van der Waals surface area contributed by atoms with E-state index in [2.05, 4.69) is 15.0 Å². The van der Waals surface area contributed by atoms with Crippen LogP contribution < -0.4 is 11.1 Å². The van der Waals surface area contributed by atoms with E-state index in [1.54, 1.807) is 24.4 Å². The Labute approximate surface area is 136 Å². The van der Waals surface area contributed by atoms with E-state index in [-0.39, 0.29) is 5.75 Å². The van der Waals surface area contributed by atoms with Crippen molar-refractivity contribution in [3.63, 3.8) is 0 Å². The lowest BCUT2D eigenvalue weighted by atomic mass is 9.94.